The van der Waals surface area contributed by atoms with Crippen LogP contribution >= 0.6 is 0 Å². The van der Waals surface area contributed by atoms with Gasteiger partial charge in [-0.3, -0.25) is 0 Å². The van der Waals surface area contributed by atoms with E-state index in [9.17, 15) is 4.79 Å². The van der Waals surface area contributed by atoms with Crippen molar-refractivity contribution in [2.45, 2.75) is 20.8 Å². The molecule has 0 aliphatic carbocycles. The Morgan fingerprint density at radius 3 is 2.30 bits per heavy atom. The monoisotopic (exact) mass is 363 g/mol. The van der Waals surface area contributed by atoms with E-state index in [2.05, 4.69) is 44.9 Å². The number of anilines is 4. The third-order valence-corrected chi connectivity index (χ3v) is 4.05. The quantitative estimate of drug-likeness (QED) is 0.660. The fourth-order valence-electron chi connectivity index (χ4n) is 2.86. The lowest BCUT2D eigenvalue weighted by Crippen LogP contribution is -2.05. The van der Waals surface area contributed by atoms with E-state index in [1.807, 2.05) is 13.8 Å². The zero-order valence-corrected chi connectivity index (χ0v) is 15.7. The largest absolute Gasteiger partial charge is 0.465 e. The van der Waals surface area contributed by atoms with Gasteiger partial charge in [-0.25, -0.2) is 4.79 Å². The first-order chi connectivity index (χ1) is 13.0. The van der Waals surface area contributed by atoms with Crippen LogP contribution < -0.4 is 10.6 Å². The number of methoxy groups -OCH3 is 1. The standard InChI is InChI=1S/C20H21N5O2/c1-12-9-13(2)18(14(3)10-12)24-20-23-17(11-21-25-20)22-16-7-5-15(6-8-16)19(26)27-4/h5-11H,1-4H3,(H2,22,23,24,25). The lowest BCUT2D eigenvalue weighted by atomic mass is 10.1. The minimum absolute atomic E-state index is 0.374. The Kier molecular flexibility index (Phi) is 5.30. The molecule has 7 heteroatoms. The minimum Gasteiger partial charge on any atom is -0.465 e. The molecule has 0 amide bonds. The molecule has 0 aliphatic heterocycles. The van der Waals surface area contributed by atoms with Crippen LogP contribution in [-0.2, 0) is 4.74 Å². The molecule has 3 aromatic rings. The number of esters is 1. The number of carbonyl (C=O) groups is 1. The van der Waals surface area contributed by atoms with Crippen LogP contribution in [0.3, 0.4) is 0 Å². The van der Waals surface area contributed by atoms with E-state index in [1.54, 1.807) is 24.3 Å². The van der Waals surface area contributed by atoms with E-state index in [4.69, 9.17) is 4.74 Å². The molecule has 0 saturated carbocycles. The smallest absolute Gasteiger partial charge is 0.337 e. The number of nitrogens with one attached hydrogen (secondary N) is 2. The van der Waals surface area contributed by atoms with Gasteiger partial charge in [0.2, 0.25) is 5.95 Å². The van der Waals surface area contributed by atoms with Gasteiger partial charge in [-0.05, 0) is 56.2 Å². The van der Waals surface area contributed by atoms with Crippen molar-refractivity contribution in [1.82, 2.24) is 15.2 Å². The molecule has 3 rings (SSSR count). The summed E-state index contributed by atoms with van der Waals surface area (Å²) in [5.41, 5.74) is 5.68. The fraction of sp³-hybridized carbons (Fsp3) is 0.200. The number of hydrogen-bond acceptors (Lipinski definition) is 7. The van der Waals surface area contributed by atoms with Crippen molar-refractivity contribution in [3.05, 3.63) is 64.8 Å². The Hall–Kier alpha value is -3.48. The molecule has 0 aliphatic rings. The van der Waals surface area contributed by atoms with E-state index in [0.29, 0.717) is 17.3 Å². The maximum Gasteiger partial charge on any atom is 0.337 e. The predicted molar refractivity (Wildman–Crippen MR) is 105 cm³/mol. The van der Waals surface area contributed by atoms with E-state index in [-0.39, 0.29) is 5.97 Å². The average molecular weight is 363 g/mol. The summed E-state index contributed by atoms with van der Waals surface area (Å²) in [6, 6.07) is 11.1. The number of benzene rings is 2. The first kappa shape index (κ1) is 18.3. The number of hydrogen-bond donors (Lipinski definition) is 2. The highest BCUT2D eigenvalue weighted by Crippen LogP contribution is 2.25. The van der Waals surface area contributed by atoms with Crippen LogP contribution in [0.4, 0.5) is 23.1 Å². The van der Waals surface area contributed by atoms with Crippen molar-refractivity contribution >= 4 is 29.1 Å². The highest BCUT2D eigenvalue weighted by atomic mass is 16.5. The average Bonchev–Trinajstić information content (AvgIpc) is 2.65. The van der Waals surface area contributed by atoms with Gasteiger partial charge in [0.25, 0.3) is 0 Å². The number of aryl methyl sites for hydroxylation is 3. The van der Waals surface area contributed by atoms with Crippen molar-refractivity contribution in [3.63, 3.8) is 0 Å². The molecular formula is C20H21N5O2. The zero-order valence-electron chi connectivity index (χ0n) is 15.7. The molecule has 2 N–H and O–H groups in total. The van der Waals surface area contributed by atoms with Gasteiger partial charge in [-0.1, -0.05) is 17.7 Å². The molecule has 0 saturated heterocycles. The van der Waals surface area contributed by atoms with Gasteiger partial charge in [-0.2, -0.15) is 10.1 Å². The summed E-state index contributed by atoms with van der Waals surface area (Å²) in [5, 5.41) is 14.4. The summed E-state index contributed by atoms with van der Waals surface area (Å²) < 4.78 is 4.70. The highest BCUT2D eigenvalue weighted by molar-refractivity contribution is 5.89. The maximum atomic E-state index is 11.5. The Bertz CT molecular complexity index is 947. The van der Waals surface area contributed by atoms with Crippen LogP contribution in [0.15, 0.2) is 42.6 Å². The fourth-order valence-corrected chi connectivity index (χ4v) is 2.86. The molecule has 0 unspecified atom stereocenters. The molecule has 0 fully saturated rings. The first-order valence-corrected chi connectivity index (χ1v) is 8.46. The summed E-state index contributed by atoms with van der Waals surface area (Å²) in [4.78, 5) is 15.9. The van der Waals surface area contributed by atoms with Crippen LogP contribution in [-0.4, -0.2) is 28.3 Å². The molecule has 2 aromatic carbocycles. The second-order valence-corrected chi connectivity index (χ2v) is 6.26. The minimum atomic E-state index is -0.374. The summed E-state index contributed by atoms with van der Waals surface area (Å²) in [7, 11) is 1.35. The van der Waals surface area contributed by atoms with Crippen LogP contribution in [0.5, 0.6) is 0 Å². The number of nitrogens with zero attached hydrogens (tertiary/aromatic N) is 3. The van der Waals surface area contributed by atoms with Crippen molar-refractivity contribution in [1.29, 1.82) is 0 Å². The normalized spacial score (nSPS) is 10.4. The van der Waals surface area contributed by atoms with E-state index >= 15 is 0 Å². The molecule has 0 radical (unpaired) electrons. The molecule has 7 nitrogen and oxygen atoms in total. The van der Waals surface area contributed by atoms with Gasteiger partial charge in [0.15, 0.2) is 5.82 Å². The maximum absolute atomic E-state index is 11.5. The molecule has 1 aromatic heterocycles. The highest BCUT2D eigenvalue weighted by Gasteiger charge is 2.08. The molecular weight excluding hydrogens is 342 g/mol. The Morgan fingerprint density at radius 1 is 1.00 bits per heavy atom. The van der Waals surface area contributed by atoms with Gasteiger partial charge in [0.05, 0.1) is 18.9 Å². The Morgan fingerprint density at radius 2 is 1.67 bits per heavy atom. The van der Waals surface area contributed by atoms with Crippen molar-refractivity contribution < 1.29 is 9.53 Å². The number of rotatable bonds is 5. The lowest BCUT2D eigenvalue weighted by Gasteiger charge is -2.13. The molecule has 0 atom stereocenters. The second kappa shape index (κ2) is 7.82. The van der Waals surface area contributed by atoms with Gasteiger partial charge in [-0.15, -0.1) is 5.10 Å². The lowest BCUT2D eigenvalue weighted by molar-refractivity contribution is 0.0601. The predicted octanol–water partition coefficient (Wildman–Crippen LogP) is 4.07. The van der Waals surface area contributed by atoms with Crippen molar-refractivity contribution in [2.75, 3.05) is 17.7 Å². The summed E-state index contributed by atoms with van der Waals surface area (Å²) in [6.07, 6.45) is 1.54. The van der Waals surface area contributed by atoms with Crippen LogP contribution in [0, 0.1) is 20.8 Å². The number of ether oxygens (including phenoxy) is 1. The third kappa shape index (κ3) is 4.38. The molecule has 138 valence electrons. The summed E-state index contributed by atoms with van der Waals surface area (Å²) >= 11 is 0. The van der Waals surface area contributed by atoms with Crippen molar-refractivity contribution in [3.8, 4) is 0 Å². The van der Waals surface area contributed by atoms with Crippen LogP contribution in [0.1, 0.15) is 27.0 Å². The zero-order chi connectivity index (χ0) is 19.4. The topological polar surface area (TPSA) is 89.0 Å². The van der Waals surface area contributed by atoms with Crippen LogP contribution in [0.2, 0.25) is 0 Å². The van der Waals surface area contributed by atoms with Gasteiger partial charge in [0.1, 0.15) is 0 Å². The Balaban J connectivity index is 1.77. The summed E-state index contributed by atoms with van der Waals surface area (Å²) in [5.74, 6) is 0.572. The molecule has 27 heavy (non-hydrogen) atoms. The van der Waals surface area contributed by atoms with Gasteiger partial charge in [0, 0.05) is 11.4 Å². The summed E-state index contributed by atoms with van der Waals surface area (Å²) in [6.45, 7) is 6.15. The van der Waals surface area contributed by atoms with Crippen LogP contribution in [0.25, 0.3) is 0 Å². The van der Waals surface area contributed by atoms with Crippen molar-refractivity contribution in [2.24, 2.45) is 0 Å². The van der Waals surface area contributed by atoms with E-state index in [1.165, 1.54) is 18.9 Å². The van der Waals surface area contributed by atoms with Gasteiger partial charge < -0.3 is 15.4 Å². The molecule has 0 bridgehead atoms. The van der Waals surface area contributed by atoms with E-state index in [0.717, 1.165) is 22.5 Å². The number of carbonyl (C=O) groups excluding carboxylic acids is 1. The third-order valence-electron chi connectivity index (χ3n) is 4.05. The first-order valence-electron chi connectivity index (χ1n) is 8.46. The second-order valence-electron chi connectivity index (χ2n) is 6.26. The number of aromatic nitrogens is 3. The SMILES string of the molecule is COC(=O)c1ccc(Nc2cnnc(Nc3c(C)cc(C)cc3C)n2)cc1. The molecule has 1 heterocycles. The van der Waals surface area contributed by atoms with E-state index < -0.39 is 0 Å². The molecule has 0 spiro atoms. The van der Waals surface area contributed by atoms with Gasteiger partial charge >= 0.3 is 5.97 Å². The Labute approximate surface area is 157 Å².